The summed E-state index contributed by atoms with van der Waals surface area (Å²) in [7, 11) is 0. The van der Waals surface area contributed by atoms with Gasteiger partial charge >= 0.3 is 0 Å². The Morgan fingerprint density at radius 2 is 1.01 bits per heavy atom. The molecule has 14 rings (SSSR count). The van der Waals surface area contributed by atoms with E-state index in [0.29, 0.717) is 0 Å². The Kier molecular flexibility index (Phi) is 11.3. The molecular formula is C75H75BN4. The van der Waals surface area contributed by atoms with Gasteiger partial charge in [0.2, 0.25) is 0 Å². The standard InChI is InChI=1S/C75H75BN4/c1-71(2,3)50-31-35-55(36-32-50)78-66-40-34-52(73(7,8)9)45-63(66)76-62-38-37-56(77(53-24-14-12-15-25-53)54-26-16-13-17-27-54)46-67(62)79(64-30-22-29-59-58-28-19-18-23-49(58)43-60(59)64)69-48-57(47-68(78)70(69)76)80-65-39-33-51(72(4,5)6)44-61(65)74(10)41-20-21-42-75(74,80)11/h12-19,22-40,44-48H,20-21,41-43H2,1-11H3. The van der Waals surface area contributed by atoms with Crippen LogP contribution in [0.3, 0.4) is 0 Å². The van der Waals surface area contributed by atoms with Gasteiger partial charge in [0.25, 0.3) is 6.71 Å². The van der Waals surface area contributed by atoms with Gasteiger partial charge in [-0.05, 0) is 176 Å². The van der Waals surface area contributed by atoms with Crippen LogP contribution < -0.4 is 36.0 Å². The van der Waals surface area contributed by atoms with Gasteiger partial charge in [0, 0.05) is 68.7 Å². The van der Waals surface area contributed by atoms with E-state index in [1.807, 2.05) is 0 Å². The third kappa shape index (κ3) is 7.62. The van der Waals surface area contributed by atoms with Crippen LogP contribution in [0.4, 0.5) is 62.6 Å². The van der Waals surface area contributed by atoms with Crippen molar-refractivity contribution in [2.24, 2.45) is 0 Å². The van der Waals surface area contributed by atoms with Gasteiger partial charge in [0.1, 0.15) is 0 Å². The molecule has 2 unspecified atom stereocenters. The SMILES string of the molecule is CC(C)(C)c1ccc(N2c3ccc(C(C)(C)C)cc3B3c4ccc(N(c5ccccc5)c5ccccc5)cc4N(c4cccc5c4Cc4ccccc4-5)c4cc(N5c6ccc(C(C)(C)C)cc6C6(C)CCCCC56C)cc2c43)cc1. The number of para-hydroxylation sites is 2. The lowest BCUT2D eigenvalue weighted by Gasteiger charge is -2.51. The highest BCUT2D eigenvalue weighted by Gasteiger charge is 2.58. The van der Waals surface area contributed by atoms with Crippen molar-refractivity contribution in [2.45, 2.75) is 135 Å². The lowest BCUT2D eigenvalue weighted by atomic mass is 9.33. The molecule has 0 bridgehead atoms. The number of benzene rings is 9. The van der Waals surface area contributed by atoms with E-state index in [1.165, 1.54) is 119 Å². The normalized spacial score (nSPS) is 18.7. The topological polar surface area (TPSA) is 13.0 Å². The minimum atomic E-state index is -0.177. The number of hydrogen-bond acceptors (Lipinski definition) is 4. The summed E-state index contributed by atoms with van der Waals surface area (Å²) in [6.45, 7) is 26.3. The minimum absolute atomic E-state index is 0.0114. The van der Waals surface area contributed by atoms with Crippen LogP contribution in [-0.4, -0.2) is 12.3 Å². The Morgan fingerprint density at radius 3 is 1.69 bits per heavy atom. The van der Waals surface area contributed by atoms with Crippen LogP contribution in [0.5, 0.6) is 0 Å². The zero-order valence-electron chi connectivity index (χ0n) is 48.9. The Balaban J connectivity index is 1.11. The average molecular weight is 1040 g/mol. The van der Waals surface area contributed by atoms with E-state index >= 15 is 0 Å². The van der Waals surface area contributed by atoms with Crippen molar-refractivity contribution in [2.75, 3.05) is 19.6 Å². The molecule has 9 aromatic rings. The minimum Gasteiger partial charge on any atom is -0.334 e. The summed E-state index contributed by atoms with van der Waals surface area (Å²) in [5.41, 5.74) is 28.1. The number of rotatable bonds is 6. The third-order valence-electron chi connectivity index (χ3n) is 19.5. The summed E-state index contributed by atoms with van der Waals surface area (Å²) in [4.78, 5) is 10.6. The summed E-state index contributed by atoms with van der Waals surface area (Å²) >= 11 is 0. The molecule has 5 aliphatic rings. The van der Waals surface area contributed by atoms with E-state index in [0.717, 1.165) is 36.3 Å². The summed E-state index contributed by atoms with van der Waals surface area (Å²) in [6.07, 6.45) is 5.59. The Hall–Kier alpha value is -7.76. The summed E-state index contributed by atoms with van der Waals surface area (Å²) < 4.78 is 0. The van der Waals surface area contributed by atoms with Crippen LogP contribution in [0.2, 0.25) is 0 Å². The van der Waals surface area contributed by atoms with Gasteiger partial charge in [-0.15, -0.1) is 0 Å². The van der Waals surface area contributed by atoms with Crippen molar-refractivity contribution in [3.63, 3.8) is 0 Å². The summed E-state index contributed by atoms with van der Waals surface area (Å²) in [6, 6.07) is 75.2. The summed E-state index contributed by atoms with van der Waals surface area (Å²) in [5, 5.41) is 0. The first-order valence-electron chi connectivity index (χ1n) is 29.5. The molecule has 0 spiro atoms. The molecule has 1 fully saturated rings. The molecule has 1 saturated carbocycles. The molecule has 5 heteroatoms. The molecule has 0 aromatic heterocycles. The molecule has 0 amide bonds. The van der Waals surface area contributed by atoms with E-state index in [4.69, 9.17) is 0 Å². The van der Waals surface area contributed by atoms with Gasteiger partial charge in [0.05, 0.1) is 11.2 Å². The predicted molar refractivity (Wildman–Crippen MR) is 342 cm³/mol. The van der Waals surface area contributed by atoms with E-state index in [2.05, 4.69) is 290 Å². The molecule has 398 valence electrons. The lowest BCUT2D eigenvalue weighted by molar-refractivity contribution is 0.195. The van der Waals surface area contributed by atoms with Gasteiger partial charge in [-0.25, -0.2) is 0 Å². The number of hydrogen-bond donors (Lipinski definition) is 0. The number of nitrogens with zero attached hydrogens (tertiary/aromatic N) is 4. The number of fused-ring (bicyclic) bond motifs is 10. The zero-order valence-corrected chi connectivity index (χ0v) is 48.9. The fourth-order valence-electron chi connectivity index (χ4n) is 14.9. The Bertz CT molecular complexity index is 3890. The zero-order chi connectivity index (χ0) is 55.3. The maximum Gasteiger partial charge on any atom is 0.252 e. The van der Waals surface area contributed by atoms with E-state index in [1.54, 1.807) is 0 Å². The van der Waals surface area contributed by atoms with Crippen LogP contribution in [0.25, 0.3) is 11.1 Å². The molecule has 0 radical (unpaired) electrons. The number of anilines is 11. The van der Waals surface area contributed by atoms with E-state index in [9.17, 15) is 0 Å². The molecule has 2 atom stereocenters. The highest BCUT2D eigenvalue weighted by atomic mass is 15.3. The molecule has 4 nitrogen and oxygen atoms in total. The maximum atomic E-state index is 2.83. The molecule has 80 heavy (non-hydrogen) atoms. The van der Waals surface area contributed by atoms with Crippen LogP contribution in [-0.2, 0) is 28.1 Å². The van der Waals surface area contributed by atoms with Gasteiger partial charge in [-0.3, -0.25) is 0 Å². The predicted octanol–water partition coefficient (Wildman–Crippen LogP) is 18.4. The van der Waals surface area contributed by atoms with Crippen molar-refractivity contribution in [1.82, 2.24) is 0 Å². The molecule has 3 aliphatic heterocycles. The fraction of sp³-hybridized carbons (Fsp3) is 0.280. The second-order valence-electron chi connectivity index (χ2n) is 27.3. The van der Waals surface area contributed by atoms with Crippen LogP contribution >= 0.6 is 0 Å². The molecule has 0 N–H and O–H groups in total. The van der Waals surface area contributed by atoms with Gasteiger partial charge in [-0.2, -0.15) is 0 Å². The molecule has 2 aliphatic carbocycles. The molecule has 9 aromatic carbocycles. The van der Waals surface area contributed by atoms with Crippen molar-refractivity contribution < 1.29 is 0 Å². The van der Waals surface area contributed by atoms with Crippen molar-refractivity contribution in [1.29, 1.82) is 0 Å². The quantitative estimate of drug-likeness (QED) is 0.154. The third-order valence-corrected chi connectivity index (χ3v) is 19.5. The first kappa shape index (κ1) is 50.5. The van der Waals surface area contributed by atoms with Crippen LogP contribution in [0.1, 0.15) is 135 Å². The maximum absolute atomic E-state index is 2.83. The molecular weight excluding hydrogens is 968 g/mol. The highest BCUT2D eigenvalue weighted by molar-refractivity contribution is 7.00. The van der Waals surface area contributed by atoms with Crippen molar-refractivity contribution >= 4 is 85.7 Å². The Morgan fingerprint density at radius 1 is 0.425 bits per heavy atom. The lowest BCUT2D eigenvalue weighted by Crippen LogP contribution is -2.61. The first-order chi connectivity index (χ1) is 38.3. The smallest absolute Gasteiger partial charge is 0.252 e. The molecule has 3 heterocycles. The highest BCUT2D eigenvalue weighted by Crippen LogP contribution is 2.62. The molecule has 0 saturated heterocycles. The monoisotopic (exact) mass is 1040 g/mol. The van der Waals surface area contributed by atoms with Gasteiger partial charge in [0.15, 0.2) is 0 Å². The second kappa shape index (κ2) is 17.9. The largest absolute Gasteiger partial charge is 0.334 e. The van der Waals surface area contributed by atoms with E-state index < -0.39 is 0 Å². The average Bonchev–Trinajstić information content (AvgIpc) is 4.13. The van der Waals surface area contributed by atoms with Crippen molar-refractivity contribution in [3.8, 4) is 11.1 Å². The summed E-state index contributed by atoms with van der Waals surface area (Å²) in [5.74, 6) is 0. The van der Waals surface area contributed by atoms with Gasteiger partial charge in [-0.1, -0.05) is 197 Å². The van der Waals surface area contributed by atoms with Crippen molar-refractivity contribution in [3.05, 3.63) is 228 Å². The first-order valence-corrected chi connectivity index (χ1v) is 29.5. The van der Waals surface area contributed by atoms with Gasteiger partial charge < -0.3 is 19.6 Å². The van der Waals surface area contributed by atoms with E-state index in [-0.39, 0.29) is 33.9 Å². The van der Waals surface area contributed by atoms with Crippen LogP contribution in [0, 0.1) is 0 Å². The Labute approximate surface area is 476 Å². The van der Waals surface area contributed by atoms with Crippen LogP contribution in [0.15, 0.2) is 194 Å². The second-order valence-corrected chi connectivity index (χ2v) is 27.3. The fourth-order valence-corrected chi connectivity index (χ4v) is 14.9.